The van der Waals surface area contributed by atoms with Crippen LogP contribution in [0.1, 0.15) is 35.3 Å². The van der Waals surface area contributed by atoms with Gasteiger partial charge in [-0.15, -0.1) is 0 Å². The maximum absolute atomic E-state index is 12.1. The molecule has 162 valence electrons. The number of carbonyl (C=O) groups is 1. The highest BCUT2D eigenvalue weighted by atomic mass is 16.5. The Morgan fingerprint density at radius 3 is 2.52 bits per heavy atom. The van der Waals surface area contributed by atoms with Crippen molar-refractivity contribution in [2.75, 3.05) is 37.7 Å². The van der Waals surface area contributed by atoms with Crippen LogP contribution in [0.2, 0.25) is 0 Å². The van der Waals surface area contributed by atoms with Gasteiger partial charge in [-0.1, -0.05) is 19.1 Å². The van der Waals surface area contributed by atoms with Gasteiger partial charge in [-0.3, -0.25) is 9.69 Å². The molecule has 4 rings (SSSR count). The largest absolute Gasteiger partial charge is 0.462 e. The second-order valence-electron chi connectivity index (χ2n) is 7.65. The number of anilines is 1. The summed E-state index contributed by atoms with van der Waals surface area (Å²) in [6, 6.07) is 8.25. The van der Waals surface area contributed by atoms with Gasteiger partial charge < -0.3 is 14.6 Å². The van der Waals surface area contributed by atoms with Crippen LogP contribution < -0.4 is 10.5 Å². The molecule has 3 aromatic rings. The lowest BCUT2D eigenvalue weighted by Crippen LogP contribution is -2.46. The first-order chi connectivity index (χ1) is 15.1. The number of rotatable bonds is 6. The summed E-state index contributed by atoms with van der Waals surface area (Å²) in [6.07, 6.45) is 3.77. The molecule has 1 saturated heterocycles. The lowest BCUT2D eigenvalue weighted by molar-refractivity contribution is 0.0525. The standard InChI is InChI=1S/C23H27N5O3/c1-3-17-12-18-6-5-16(11-20(18)26-21(17)29)15-27-7-9-28(10-8-27)23-24-13-19(14-25-23)22(30)31-4-2/h5-6,11-14H,3-4,7-10,15H2,1-2H3,(H,26,29). The van der Waals surface area contributed by atoms with Gasteiger partial charge in [0.05, 0.1) is 12.2 Å². The van der Waals surface area contributed by atoms with Crippen molar-refractivity contribution in [3.8, 4) is 0 Å². The molecule has 0 unspecified atom stereocenters. The summed E-state index contributed by atoms with van der Waals surface area (Å²) < 4.78 is 4.97. The molecule has 1 fully saturated rings. The number of aromatic nitrogens is 3. The molecule has 0 atom stereocenters. The van der Waals surface area contributed by atoms with Gasteiger partial charge in [0.25, 0.3) is 5.56 Å². The third-order valence-corrected chi connectivity index (χ3v) is 5.58. The first kappa shape index (κ1) is 21.0. The van der Waals surface area contributed by atoms with E-state index in [1.165, 1.54) is 18.0 Å². The van der Waals surface area contributed by atoms with E-state index < -0.39 is 5.97 Å². The summed E-state index contributed by atoms with van der Waals surface area (Å²) in [5.41, 5.74) is 3.23. The maximum Gasteiger partial charge on any atom is 0.341 e. The number of carbonyl (C=O) groups excluding carboxylic acids is 1. The van der Waals surface area contributed by atoms with Crippen molar-refractivity contribution < 1.29 is 9.53 Å². The molecule has 1 aliphatic rings. The molecule has 1 aliphatic heterocycles. The Hall–Kier alpha value is -3.26. The minimum absolute atomic E-state index is 0.00487. The second kappa shape index (κ2) is 9.26. The summed E-state index contributed by atoms with van der Waals surface area (Å²) in [5.74, 6) is 0.226. The number of benzene rings is 1. The van der Waals surface area contributed by atoms with Crippen LogP contribution in [-0.4, -0.2) is 58.6 Å². The molecular formula is C23H27N5O3. The van der Waals surface area contributed by atoms with Crippen LogP contribution in [0, 0.1) is 0 Å². The van der Waals surface area contributed by atoms with Crippen LogP contribution in [-0.2, 0) is 17.7 Å². The van der Waals surface area contributed by atoms with Crippen LogP contribution >= 0.6 is 0 Å². The average molecular weight is 422 g/mol. The number of aryl methyl sites for hydroxylation is 1. The third kappa shape index (κ3) is 4.74. The van der Waals surface area contributed by atoms with Gasteiger partial charge >= 0.3 is 5.97 Å². The fourth-order valence-corrected chi connectivity index (χ4v) is 3.82. The van der Waals surface area contributed by atoms with Gasteiger partial charge in [-0.2, -0.15) is 0 Å². The van der Waals surface area contributed by atoms with Gasteiger partial charge in [0.15, 0.2) is 0 Å². The van der Waals surface area contributed by atoms with Crippen molar-refractivity contribution in [1.29, 1.82) is 0 Å². The van der Waals surface area contributed by atoms with Crippen LogP contribution in [0.5, 0.6) is 0 Å². The van der Waals surface area contributed by atoms with E-state index in [1.807, 2.05) is 13.0 Å². The molecule has 0 aliphatic carbocycles. The number of nitrogens with zero attached hydrogens (tertiary/aromatic N) is 4. The zero-order chi connectivity index (χ0) is 21.8. The second-order valence-corrected chi connectivity index (χ2v) is 7.65. The SMILES string of the molecule is CCOC(=O)c1cnc(N2CCN(Cc3ccc4cc(CC)c(=O)[nH]c4c3)CC2)nc1. The number of esters is 1. The molecule has 0 bridgehead atoms. The molecule has 0 amide bonds. The van der Waals surface area contributed by atoms with Crippen LogP contribution in [0.3, 0.4) is 0 Å². The Balaban J connectivity index is 1.37. The number of piperazine rings is 1. The van der Waals surface area contributed by atoms with Gasteiger partial charge in [0.1, 0.15) is 0 Å². The number of nitrogens with one attached hydrogen (secondary N) is 1. The molecular weight excluding hydrogens is 394 g/mol. The lowest BCUT2D eigenvalue weighted by Gasteiger charge is -2.34. The molecule has 31 heavy (non-hydrogen) atoms. The van der Waals surface area contributed by atoms with E-state index in [1.54, 1.807) is 6.92 Å². The fourth-order valence-electron chi connectivity index (χ4n) is 3.82. The smallest absolute Gasteiger partial charge is 0.341 e. The zero-order valence-electron chi connectivity index (χ0n) is 17.9. The summed E-state index contributed by atoms with van der Waals surface area (Å²) in [7, 11) is 0. The highest BCUT2D eigenvalue weighted by Gasteiger charge is 2.20. The molecule has 2 aromatic heterocycles. The third-order valence-electron chi connectivity index (χ3n) is 5.58. The Morgan fingerprint density at radius 2 is 1.84 bits per heavy atom. The highest BCUT2D eigenvalue weighted by Crippen LogP contribution is 2.17. The predicted molar refractivity (Wildman–Crippen MR) is 119 cm³/mol. The van der Waals surface area contributed by atoms with E-state index in [0.717, 1.165) is 55.6 Å². The van der Waals surface area contributed by atoms with E-state index in [0.29, 0.717) is 18.1 Å². The molecule has 1 N–H and O–H groups in total. The van der Waals surface area contributed by atoms with E-state index in [2.05, 4.69) is 43.0 Å². The lowest BCUT2D eigenvalue weighted by atomic mass is 10.1. The number of ether oxygens (including phenoxy) is 1. The molecule has 0 spiro atoms. The Labute approximate surface area is 180 Å². The topological polar surface area (TPSA) is 91.4 Å². The monoisotopic (exact) mass is 421 g/mol. The Morgan fingerprint density at radius 1 is 1.10 bits per heavy atom. The first-order valence-corrected chi connectivity index (χ1v) is 10.7. The van der Waals surface area contributed by atoms with Crippen LogP contribution in [0.4, 0.5) is 5.95 Å². The van der Waals surface area contributed by atoms with Gasteiger partial charge in [0.2, 0.25) is 5.95 Å². The quantitative estimate of drug-likeness (QED) is 0.611. The van der Waals surface area contributed by atoms with E-state index in [9.17, 15) is 9.59 Å². The van der Waals surface area contributed by atoms with Gasteiger partial charge in [-0.25, -0.2) is 14.8 Å². The number of hydrogen-bond acceptors (Lipinski definition) is 7. The van der Waals surface area contributed by atoms with E-state index >= 15 is 0 Å². The molecule has 8 heteroatoms. The van der Waals surface area contributed by atoms with Crippen LogP contribution in [0.15, 0.2) is 41.5 Å². The number of H-pyrrole nitrogens is 1. The van der Waals surface area contributed by atoms with Crippen molar-refractivity contribution in [3.63, 3.8) is 0 Å². The number of fused-ring (bicyclic) bond motifs is 1. The Bertz CT molecular complexity index is 1120. The van der Waals surface area contributed by atoms with Gasteiger partial charge in [0, 0.05) is 56.2 Å². The minimum Gasteiger partial charge on any atom is -0.462 e. The molecule has 1 aromatic carbocycles. The summed E-state index contributed by atoms with van der Waals surface area (Å²) in [6.45, 7) is 8.29. The van der Waals surface area contributed by atoms with Crippen molar-refractivity contribution in [1.82, 2.24) is 19.9 Å². The van der Waals surface area contributed by atoms with E-state index in [-0.39, 0.29) is 5.56 Å². The van der Waals surface area contributed by atoms with Crippen molar-refractivity contribution in [2.45, 2.75) is 26.8 Å². The zero-order valence-corrected chi connectivity index (χ0v) is 17.9. The van der Waals surface area contributed by atoms with Gasteiger partial charge in [-0.05, 0) is 36.4 Å². The number of aromatic amines is 1. The molecule has 0 radical (unpaired) electrons. The molecule has 0 saturated carbocycles. The maximum atomic E-state index is 12.1. The average Bonchev–Trinajstić information content (AvgIpc) is 2.79. The van der Waals surface area contributed by atoms with Crippen molar-refractivity contribution in [2.24, 2.45) is 0 Å². The summed E-state index contributed by atoms with van der Waals surface area (Å²) in [5, 5.41) is 1.06. The fraction of sp³-hybridized carbons (Fsp3) is 0.391. The summed E-state index contributed by atoms with van der Waals surface area (Å²) >= 11 is 0. The van der Waals surface area contributed by atoms with E-state index in [4.69, 9.17) is 4.74 Å². The highest BCUT2D eigenvalue weighted by molar-refractivity contribution is 5.88. The predicted octanol–water partition coefficient (Wildman–Crippen LogP) is 2.38. The summed E-state index contributed by atoms with van der Waals surface area (Å²) in [4.78, 5) is 40.0. The number of pyridine rings is 1. The van der Waals surface area contributed by atoms with Crippen LogP contribution in [0.25, 0.3) is 10.9 Å². The Kier molecular flexibility index (Phi) is 6.27. The normalized spacial score (nSPS) is 14.7. The van der Waals surface area contributed by atoms with Crippen molar-refractivity contribution >= 4 is 22.8 Å². The minimum atomic E-state index is -0.401. The molecule has 3 heterocycles. The molecule has 8 nitrogen and oxygen atoms in total. The number of hydrogen-bond donors (Lipinski definition) is 1. The first-order valence-electron chi connectivity index (χ1n) is 10.7. The van der Waals surface area contributed by atoms with Crippen molar-refractivity contribution in [3.05, 3.63) is 63.7 Å².